The summed E-state index contributed by atoms with van der Waals surface area (Å²) in [6.07, 6.45) is 0.840. The monoisotopic (exact) mass is 259 g/mol. The van der Waals surface area contributed by atoms with Crippen LogP contribution in [0.15, 0.2) is 18.2 Å². The fraction of sp³-hybridized carbons (Fsp3) is 0.538. The average Bonchev–Trinajstić information content (AvgIpc) is 2.30. The van der Waals surface area contributed by atoms with E-state index in [1.807, 2.05) is 6.92 Å². The topological polar surface area (TPSA) is 21.3 Å². The Balaban J connectivity index is 2.30. The predicted octanol–water partition coefficient (Wildman–Crippen LogP) is 3.14. The number of hydrogen-bond donors (Lipinski definition) is 1. The van der Waals surface area contributed by atoms with E-state index >= 15 is 0 Å². The number of rotatable bonds is 3. The van der Waals surface area contributed by atoms with Crippen LogP contribution in [-0.2, 0) is 0 Å². The number of nitrogens with one attached hydrogen (secondary N) is 1. The highest BCUT2D eigenvalue weighted by Crippen LogP contribution is 2.36. The maximum Gasteiger partial charge on any atom is 0.387 e. The lowest BCUT2D eigenvalue weighted by Crippen LogP contribution is -2.34. The molecule has 2 atom stereocenters. The maximum absolute atomic E-state index is 13.1. The van der Waals surface area contributed by atoms with Crippen molar-refractivity contribution in [1.29, 1.82) is 0 Å². The Hall–Kier alpha value is -1.23. The molecule has 1 aromatic carbocycles. The van der Waals surface area contributed by atoms with Crippen molar-refractivity contribution in [3.63, 3.8) is 0 Å². The Bertz CT molecular complexity index is 411. The summed E-state index contributed by atoms with van der Waals surface area (Å²) in [5.74, 6) is -0.162. The highest BCUT2D eigenvalue weighted by atomic mass is 19.3. The van der Waals surface area contributed by atoms with Gasteiger partial charge < -0.3 is 10.1 Å². The first-order valence-corrected chi connectivity index (χ1v) is 6.03. The van der Waals surface area contributed by atoms with Crippen LogP contribution >= 0.6 is 0 Å². The van der Waals surface area contributed by atoms with Crippen LogP contribution in [0, 0.1) is 11.7 Å². The van der Waals surface area contributed by atoms with Crippen molar-refractivity contribution in [3.05, 3.63) is 29.6 Å². The molecule has 0 unspecified atom stereocenters. The highest BCUT2D eigenvalue weighted by Gasteiger charge is 2.26. The van der Waals surface area contributed by atoms with E-state index < -0.39 is 12.4 Å². The fourth-order valence-electron chi connectivity index (χ4n) is 2.49. The lowest BCUT2D eigenvalue weighted by molar-refractivity contribution is -0.0510. The van der Waals surface area contributed by atoms with Crippen molar-refractivity contribution < 1.29 is 17.9 Å². The van der Waals surface area contributed by atoms with E-state index in [9.17, 15) is 13.2 Å². The zero-order valence-corrected chi connectivity index (χ0v) is 10.1. The van der Waals surface area contributed by atoms with Crippen molar-refractivity contribution in [1.82, 2.24) is 5.32 Å². The third-order valence-electron chi connectivity index (χ3n) is 3.38. The zero-order chi connectivity index (χ0) is 13.1. The molecule has 1 N–H and O–H groups in total. The molecule has 0 spiro atoms. The van der Waals surface area contributed by atoms with Crippen LogP contribution in [0.2, 0.25) is 0 Å². The standard InChI is InChI=1S/C13H16F3NO/c1-8-7-17-5-4-10(8)11-3-2-9(14)6-12(11)18-13(15)16/h2-3,6,8,10,13,17H,4-5,7H2,1H3/t8-,10+/m1/s1. The molecule has 2 rings (SSSR count). The minimum atomic E-state index is -2.93. The van der Waals surface area contributed by atoms with Gasteiger partial charge in [-0.3, -0.25) is 0 Å². The molecule has 1 aliphatic heterocycles. The first-order valence-electron chi connectivity index (χ1n) is 6.03. The van der Waals surface area contributed by atoms with E-state index in [0.717, 1.165) is 25.6 Å². The molecule has 2 nitrogen and oxygen atoms in total. The third-order valence-corrected chi connectivity index (χ3v) is 3.38. The first kappa shape index (κ1) is 13.2. The number of piperidine rings is 1. The van der Waals surface area contributed by atoms with E-state index in [4.69, 9.17) is 0 Å². The lowest BCUT2D eigenvalue weighted by atomic mass is 9.82. The summed E-state index contributed by atoms with van der Waals surface area (Å²) in [6, 6.07) is 3.89. The van der Waals surface area contributed by atoms with Gasteiger partial charge in [-0.05, 0) is 43.0 Å². The predicted molar refractivity (Wildman–Crippen MR) is 62.4 cm³/mol. The molecule has 0 radical (unpaired) electrons. The summed E-state index contributed by atoms with van der Waals surface area (Å²) in [7, 11) is 0. The van der Waals surface area contributed by atoms with Gasteiger partial charge in [0.1, 0.15) is 11.6 Å². The molecule has 1 aromatic rings. The fourth-order valence-corrected chi connectivity index (χ4v) is 2.49. The molecule has 0 aromatic heterocycles. The summed E-state index contributed by atoms with van der Waals surface area (Å²) in [4.78, 5) is 0. The molecule has 1 fully saturated rings. The van der Waals surface area contributed by atoms with Crippen LogP contribution < -0.4 is 10.1 Å². The third kappa shape index (κ3) is 2.96. The molecular weight excluding hydrogens is 243 g/mol. The average molecular weight is 259 g/mol. The first-order chi connectivity index (χ1) is 8.58. The van der Waals surface area contributed by atoms with Crippen molar-refractivity contribution in [3.8, 4) is 5.75 Å². The molecule has 1 aliphatic rings. The molecule has 100 valence electrons. The van der Waals surface area contributed by atoms with Gasteiger partial charge in [-0.25, -0.2) is 4.39 Å². The molecule has 0 aliphatic carbocycles. The summed E-state index contributed by atoms with van der Waals surface area (Å²) in [5, 5.41) is 3.24. The van der Waals surface area contributed by atoms with Crippen LogP contribution in [0.5, 0.6) is 5.75 Å². The van der Waals surface area contributed by atoms with Crippen LogP contribution in [0.25, 0.3) is 0 Å². The minimum absolute atomic E-state index is 0.0382. The lowest BCUT2D eigenvalue weighted by Gasteiger charge is -2.31. The minimum Gasteiger partial charge on any atom is -0.434 e. The van der Waals surface area contributed by atoms with E-state index in [1.165, 1.54) is 6.07 Å². The largest absolute Gasteiger partial charge is 0.434 e. The molecule has 1 heterocycles. The molecule has 1 saturated heterocycles. The van der Waals surface area contributed by atoms with E-state index in [1.54, 1.807) is 6.07 Å². The molecule has 0 bridgehead atoms. The zero-order valence-electron chi connectivity index (χ0n) is 10.1. The molecule has 0 saturated carbocycles. The van der Waals surface area contributed by atoms with Crippen molar-refractivity contribution in [2.75, 3.05) is 13.1 Å². The SMILES string of the molecule is C[C@@H]1CNCC[C@@H]1c1ccc(F)cc1OC(F)F. The molecular formula is C13H16F3NO. The van der Waals surface area contributed by atoms with Gasteiger partial charge in [0, 0.05) is 6.07 Å². The van der Waals surface area contributed by atoms with Gasteiger partial charge in [0.05, 0.1) is 0 Å². The van der Waals surface area contributed by atoms with Crippen LogP contribution in [-0.4, -0.2) is 19.7 Å². The second-order valence-electron chi connectivity index (χ2n) is 4.64. The summed E-state index contributed by atoms with van der Waals surface area (Å²) >= 11 is 0. The normalized spacial score (nSPS) is 24.3. The van der Waals surface area contributed by atoms with Gasteiger partial charge in [0.25, 0.3) is 0 Å². The number of halogens is 3. The Kier molecular flexibility index (Phi) is 4.11. The Labute approximate surface area is 104 Å². The van der Waals surface area contributed by atoms with E-state index in [-0.39, 0.29) is 11.7 Å². The van der Waals surface area contributed by atoms with E-state index in [2.05, 4.69) is 10.1 Å². The number of ether oxygens (including phenoxy) is 1. The van der Waals surface area contributed by atoms with Gasteiger partial charge in [-0.15, -0.1) is 0 Å². The maximum atomic E-state index is 13.1. The smallest absolute Gasteiger partial charge is 0.387 e. The van der Waals surface area contributed by atoms with Gasteiger partial charge in [-0.1, -0.05) is 13.0 Å². The number of benzene rings is 1. The Morgan fingerprint density at radius 1 is 1.39 bits per heavy atom. The van der Waals surface area contributed by atoms with Crippen molar-refractivity contribution >= 4 is 0 Å². The summed E-state index contributed by atoms with van der Waals surface area (Å²) in [5.41, 5.74) is 0.672. The second-order valence-corrected chi connectivity index (χ2v) is 4.64. The number of hydrogen-bond acceptors (Lipinski definition) is 2. The van der Waals surface area contributed by atoms with Crippen LogP contribution in [0.3, 0.4) is 0 Å². The van der Waals surface area contributed by atoms with Gasteiger partial charge in [0.15, 0.2) is 0 Å². The van der Waals surface area contributed by atoms with Crippen molar-refractivity contribution in [2.24, 2.45) is 5.92 Å². The van der Waals surface area contributed by atoms with E-state index in [0.29, 0.717) is 11.5 Å². The molecule has 18 heavy (non-hydrogen) atoms. The van der Waals surface area contributed by atoms with Gasteiger partial charge in [-0.2, -0.15) is 8.78 Å². The van der Waals surface area contributed by atoms with Crippen LogP contribution in [0.4, 0.5) is 13.2 Å². The number of alkyl halides is 2. The Morgan fingerprint density at radius 3 is 2.83 bits per heavy atom. The Morgan fingerprint density at radius 2 is 2.17 bits per heavy atom. The summed E-state index contributed by atoms with van der Waals surface area (Å²) < 4.78 is 42.2. The van der Waals surface area contributed by atoms with Gasteiger partial charge >= 0.3 is 6.61 Å². The molecule has 0 amide bonds. The highest BCUT2D eigenvalue weighted by molar-refractivity contribution is 5.37. The van der Waals surface area contributed by atoms with Crippen molar-refractivity contribution in [2.45, 2.75) is 25.9 Å². The van der Waals surface area contributed by atoms with Crippen LogP contribution in [0.1, 0.15) is 24.8 Å². The van der Waals surface area contributed by atoms with Gasteiger partial charge in [0.2, 0.25) is 0 Å². The second kappa shape index (κ2) is 5.61. The summed E-state index contributed by atoms with van der Waals surface area (Å²) in [6.45, 7) is 0.783. The quantitative estimate of drug-likeness (QED) is 0.900. The molecule has 5 heteroatoms.